The highest BCUT2D eigenvalue weighted by Crippen LogP contribution is 2.33. The molecule has 2 aliphatic rings. The van der Waals surface area contributed by atoms with Gasteiger partial charge in [0.25, 0.3) is 0 Å². The maximum absolute atomic E-state index is 12.7. The third-order valence-electron chi connectivity index (χ3n) is 4.43. The lowest BCUT2D eigenvalue weighted by molar-refractivity contribution is 0.427. The molecule has 0 aromatic heterocycles. The monoisotopic (exact) mass is 294 g/mol. The van der Waals surface area contributed by atoms with Gasteiger partial charge >= 0.3 is 0 Å². The largest absolute Gasteiger partial charge is 0.385 e. The van der Waals surface area contributed by atoms with Gasteiger partial charge in [-0.05, 0) is 50.3 Å². The molecule has 0 unspecified atom stereocenters. The van der Waals surface area contributed by atoms with E-state index in [9.17, 15) is 8.42 Å². The Morgan fingerprint density at radius 2 is 1.95 bits per heavy atom. The SMILES string of the molecule is CC1(NS(=O)(=O)c2cccc3c2CCCN3)CCCC1. The fraction of sp³-hybridized carbons (Fsp3) is 0.600. The maximum Gasteiger partial charge on any atom is 0.241 e. The molecule has 1 fully saturated rings. The molecule has 0 atom stereocenters. The summed E-state index contributed by atoms with van der Waals surface area (Å²) in [6.45, 7) is 2.94. The van der Waals surface area contributed by atoms with E-state index in [0.29, 0.717) is 4.90 Å². The first-order valence-electron chi connectivity index (χ1n) is 7.40. The number of anilines is 1. The molecule has 1 aliphatic heterocycles. The van der Waals surface area contributed by atoms with Crippen LogP contribution >= 0.6 is 0 Å². The molecule has 110 valence electrons. The molecular formula is C15H22N2O2S. The zero-order chi connectivity index (χ0) is 14.2. The number of nitrogens with one attached hydrogen (secondary N) is 2. The van der Waals surface area contributed by atoms with Crippen molar-refractivity contribution in [1.29, 1.82) is 0 Å². The van der Waals surface area contributed by atoms with Crippen molar-refractivity contribution in [1.82, 2.24) is 4.72 Å². The van der Waals surface area contributed by atoms with Gasteiger partial charge in [0, 0.05) is 17.8 Å². The summed E-state index contributed by atoms with van der Waals surface area (Å²) < 4.78 is 28.4. The Morgan fingerprint density at radius 1 is 1.20 bits per heavy atom. The lowest BCUT2D eigenvalue weighted by Crippen LogP contribution is -2.43. The molecule has 0 radical (unpaired) electrons. The normalized spacial score (nSPS) is 21.2. The molecule has 1 aromatic rings. The van der Waals surface area contributed by atoms with E-state index >= 15 is 0 Å². The summed E-state index contributed by atoms with van der Waals surface area (Å²) in [5, 5.41) is 3.29. The first-order valence-corrected chi connectivity index (χ1v) is 8.88. The first kappa shape index (κ1) is 13.9. The maximum atomic E-state index is 12.7. The van der Waals surface area contributed by atoms with Gasteiger partial charge in [0.2, 0.25) is 10.0 Å². The van der Waals surface area contributed by atoms with Crippen LogP contribution < -0.4 is 10.0 Å². The highest BCUT2D eigenvalue weighted by atomic mass is 32.2. The molecule has 4 nitrogen and oxygen atoms in total. The molecule has 3 rings (SSSR count). The van der Waals surface area contributed by atoms with Crippen LogP contribution in [0.3, 0.4) is 0 Å². The average Bonchev–Trinajstić information content (AvgIpc) is 2.83. The zero-order valence-electron chi connectivity index (χ0n) is 11.9. The molecule has 1 aliphatic carbocycles. The Kier molecular flexibility index (Phi) is 3.50. The summed E-state index contributed by atoms with van der Waals surface area (Å²) in [5.74, 6) is 0. The van der Waals surface area contributed by atoms with Gasteiger partial charge < -0.3 is 5.32 Å². The Balaban J connectivity index is 1.95. The van der Waals surface area contributed by atoms with Gasteiger partial charge in [-0.25, -0.2) is 13.1 Å². The van der Waals surface area contributed by atoms with E-state index in [1.54, 1.807) is 6.07 Å². The van der Waals surface area contributed by atoms with E-state index in [1.807, 2.05) is 19.1 Å². The predicted octanol–water partition coefficient (Wildman–Crippen LogP) is 2.66. The summed E-state index contributed by atoms with van der Waals surface area (Å²) in [6, 6.07) is 5.51. The molecule has 1 aromatic carbocycles. The number of hydrogen-bond acceptors (Lipinski definition) is 3. The molecule has 0 saturated heterocycles. The summed E-state index contributed by atoms with van der Waals surface area (Å²) in [4.78, 5) is 0.454. The molecule has 20 heavy (non-hydrogen) atoms. The summed E-state index contributed by atoms with van der Waals surface area (Å²) in [5.41, 5.74) is 1.63. The molecule has 1 saturated carbocycles. The van der Waals surface area contributed by atoms with Crippen molar-refractivity contribution in [3.63, 3.8) is 0 Å². The van der Waals surface area contributed by atoms with Crippen molar-refractivity contribution < 1.29 is 8.42 Å². The number of fused-ring (bicyclic) bond motifs is 1. The number of sulfonamides is 1. The molecule has 0 amide bonds. The number of rotatable bonds is 3. The van der Waals surface area contributed by atoms with Gasteiger partial charge in [-0.1, -0.05) is 18.9 Å². The summed E-state index contributed by atoms with van der Waals surface area (Å²) >= 11 is 0. The van der Waals surface area contributed by atoms with Gasteiger partial charge in [0.15, 0.2) is 0 Å². The van der Waals surface area contributed by atoms with Crippen LogP contribution in [0.1, 0.15) is 44.6 Å². The van der Waals surface area contributed by atoms with Crippen LogP contribution in [0.15, 0.2) is 23.1 Å². The van der Waals surface area contributed by atoms with Gasteiger partial charge in [0.05, 0.1) is 4.90 Å². The second kappa shape index (κ2) is 5.04. The minimum atomic E-state index is -3.43. The minimum absolute atomic E-state index is 0.274. The lowest BCUT2D eigenvalue weighted by Gasteiger charge is -2.27. The van der Waals surface area contributed by atoms with Gasteiger partial charge in [0.1, 0.15) is 0 Å². The highest BCUT2D eigenvalue weighted by molar-refractivity contribution is 7.89. The van der Waals surface area contributed by atoms with Crippen LogP contribution in [0.2, 0.25) is 0 Å². The predicted molar refractivity (Wildman–Crippen MR) is 80.4 cm³/mol. The van der Waals surface area contributed by atoms with E-state index in [4.69, 9.17) is 0 Å². The minimum Gasteiger partial charge on any atom is -0.385 e. The molecule has 2 N–H and O–H groups in total. The first-order chi connectivity index (χ1) is 9.50. The van der Waals surface area contributed by atoms with E-state index in [0.717, 1.165) is 56.3 Å². The third-order valence-corrected chi connectivity index (χ3v) is 6.15. The Bertz CT molecular complexity index is 604. The van der Waals surface area contributed by atoms with Crippen molar-refractivity contribution >= 4 is 15.7 Å². The van der Waals surface area contributed by atoms with Crippen molar-refractivity contribution in [2.75, 3.05) is 11.9 Å². The molecule has 0 bridgehead atoms. The summed E-state index contributed by atoms with van der Waals surface area (Å²) in [7, 11) is -3.43. The van der Waals surface area contributed by atoms with E-state index in [2.05, 4.69) is 10.0 Å². The van der Waals surface area contributed by atoms with Crippen LogP contribution in [-0.2, 0) is 16.4 Å². The van der Waals surface area contributed by atoms with Crippen LogP contribution in [-0.4, -0.2) is 20.5 Å². The smallest absolute Gasteiger partial charge is 0.241 e. The van der Waals surface area contributed by atoms with Crippen LogP contribution in [0, 0.1) is 0 Å². The van der Waals surface area contributed by atoms with Crippen LogP contribution in [0.25, 0.3) is 0 Å². The zero-order valence-corrected chi connectivity index (χ0v) is 12.7. The van der Waals surface area contributed by atoms with Gasteiger partial charge in [-0.2, -0.15) is 0 Å². The van der Waals surface area contributed by atoms with Crippen LogP contribution in [0.5, 0.6) is 0 Å². The van der Waals surface area contributed by atoms with E-state index < -0.39 is 10.0 Å². The topological polar surface area (TPSA) is 58.2 Å². The Labute approximate surface area is 121 Å². The van der Waals surface area contributed by atoms with Crippen LogP contribution in [0.4, 0.5) is 5.69 Å². The number of hydrogen-bond donors (Lipinski definition) is 2. The quantitative estimate of drug-likeness (QED) is 0.901. The number of benzene rings is 1. The summed E-state index contributed by atoms with van der Waals surface area (Å²) in [6.07, 6.45) is 5.88. The fourth-order valence-electron chi connectivity index (χ4n) is 3.37. The standard InChI is InChI=1S/C15H22N2O2S/c1-15(9-2-3-10-15)17-20(18,19)14-8-4-7-13-12(14)6-5-11-16-13/h4,7-8,16-17H,2-3,5-6,9-11H2,1H3. The Morgan fingerprint density at radius 3 is 2.70 bits per heavy atom. The van der Waals surface area contributed by atoms with Crippen molar-refractivity contribution in [2.24, 2.45) is 0 Å². The second-order valence-corrected chi connectivity index (χ2v) is 7.84. The molecule has 5 heteroatoms. The average molecular weight is 294 g/mol. The van der Waals surface area contributed by atoms with E-state index in [-0.39, 0.29) is 5.54 Å². The van der Waals surface area contributed by atoms with E-state index in [1.165, 1.54) is 0 Å². The van der Waals surface area contributed by atoms with Crippen molar-refractivity contribution in [3.05, 3.63) is 23.8 Å². The molecule has 0 spiro atoms. The van der Waals surface area contributed by atoms with Gasteiger partial charge in [-0.3, -0.25) is 0 Å². The molecule has 1 heterocycles. The third kappa shape index (κ3) is 2.56. The lowest BCUT2D eigenvalue weighted by atomic mass is 10.0. The fourth-order valence-corrected chi connectivity index (χ4v) is 5.12. The molecular weight excluding hydrogens is 272 g/mol. The second-order valence-electron chi connectivity index (χ2n) is 6.19. The van der Waals surface area contributed by atoms with Crippen molar-refractivity contribution in [3.8, 4) is 0 Å². The van der Waals surface area contributed by atoms with Crippen molar-refractivity contribution in [2.45, 2.75) is 55.9 Å². The Hall–Kier alpha value is -1.07. The van der Waals surface area contributed by atoms with Gasteiger partial charge in [-0.15, -0.1) is 0 Å². The highest BCUT2D eigenvalue weighted by Gasteiger charge is 2.34.